The Morgan fingerprint density at radius 2 is 1.75 bits per heavy atom. The van der Waals surface area contributed by atoms with Crippen molar-refractivity contribution in [2.24, 2.45) is 0 Å². The van der Waals surface area contributed by atoms with E-state index in [0.29, 0.717) is 17.2 Å². The molecule has 1 amide bonds. The Morgan fingerprint density at radius 1 is 1.07 bits per heavy atom. The van der Waals surface area contributed by atoms with Crippen molar-refractivity contribution in [3.8, 4) is 5.75 Å². The molecule has 0 aliphatic carbocycles. The van der Waals surface area contributed by atoms with Gasteiger partial charge in [0.15, 0.2) is 17.7 Å². The lowest BCUT2D eigenvalue weighted by Crippen LogP contribution is -2.29. The number of hydrogen-bond acceptors (Lipinski definition) is 4. The first-order chi connectivity index (χ1) is 13.3. The summed E-state index contributed by atoms with van der Waals surface area (Å²) in [6.45, 7) is 5.66. The van der Waals surface area contributed by atoms with Gasteiger partial charge in [0.1, 0.15) is 0 Å². The van der Waals surface area contributed by atoms with Gasteiger partial charge < -0.3 is 14.8 Å². The van der Waals surface area contributed by atoms with Crippen LogP contribution in [0.1, 0.15) is 37.8 Å². The fourth-order valence-electron chi connectivity index (χ4n) is 2.41. The van der Waals surface area contributed by atoms with Gasteiger partial charge in [0.05, 0.1) is 7.11 Å². The van der Waals surface area contributed by atoms with Gasteiger partial charge >= 0.3 is 5.97 Å². The third-order valence-corrected chi connectivity index (χ3v) is 4.09. The summed E-state index contributed by atoms with van der Waals surface area (Å²) in [7, 11) is 1.37. The van der Waals surface area contributed by atoms with Crippen LogP contribution in [0.4, 0.5) is 10.1 Å². The van der Waals surface area contributed by atoms with Gasteiger partial charge in [-0.05, 0) is 54.3 Å². The van der Waals surface area contributed by atoms with Crippen molar-refractivity contribution in [3.05, 3.63) is 65.5 Å². The molecule has 5 nitrogen and oxygen atoms in total. The molecule has 0 saturated heterocycles. The number of esters is 1. The summed E-state index contributed by atoms with van der Waals surface area (Å²) in [4.78, 5) is 24.1. The Morgan fingerprint density at radius 3 is 2.32 bits per heavy atom. The minimum atomic E-state index is -0.977. The Labute approximate surface area is 164 Å². The highest BCUT2D eigenvalue weighted by Crippen LogP contribution is 2.19. The van der Waals surface area contributed by atoms with Gasteiger partial charge in [-0.1, -0.05) is 32.0 Å². The Bertz CT molecular complexity index is 859. The zero-order valence-corrected chi connectivity index (χ0v) is 16.4. The maximum absolute atomic E-state index is 13.6. The fourth-order valence-corrected chi connectivity index (χ4v) is 2.41. The predicted molar refractivity (Wildman–Crippen MR) is 107 cm³/mol. The fraction of sp³-hybridized carbons (Fsp3) is 0.273. The van der Waals surface area contributed by atoms with Gasteiger partial charge in [0.25, 0.3) is 5.91 Å². The van der Waals surface area contributed by atoms with Crippen LogP contribution >= 0.6 is 0 Å². The van der Waals surface area contributed by atoms with Crippen molar-refractivity contribution in [3.63, 3.8) is 0 Å². The van der Waals surface area contributed by atoms with Crippen molar-refractivity contribution in [1.29, 1.82) is 0 Å². The second kappa shape index (κ2) is 9.69. The minimum absolute atomic E-state index is 0.117. The second-order valence-corrected chi connectivity index (χ2v) is 6.57. The highest BCUT2D eigenvalue weighted by Gasteiger charge is 2.16. The minimum Gasteiger partial charge on any atom is -0.494 e. The number of ether oxygens (including phenoxy) is 2. The summed E-state index contributed by atoms with van der Waals surface area (Å²) in [6, 6.07) is 11.8. The average molecular weight is 385 g/mol. The van der Waals surface area contributed by atoms with E-state index in [1.807, 2.05) is 12.1 Å². The van der Waals surface area contributed by atoms with Crippen LogP contribution in [0, 0.1) is 5.82 Å². The van der Waals surface area contributed by atoms with Crippen LogP contribution < -0.4 is 10.1 Å². The maximum Gasteiger partial charge on any atom is 0.331 e. The molecular weight excluding hydrogens is 361 g/mol. The van der Waals surface area contributed by atoms with Gasteiger partial charge in [0, 0.05) is 11.8 Å². The SMILES string of the molecule is COc1ccc(/C=C/C(=O)O[C@@H](C)C(=O)Nc2ccc(C(C)C)cc2)cc1F. The van der Waals surface area contributed by atoms with Gasteiger partial charge in [-0.15, -0.1) is 0 Å². The summed E-state index contributed by atoms with van der Waals surface area (Å²) in [5.41, 5.74) is 2.26. The first kappa shape index (κ1) is 21.2. The van der Waals surface area contributed by atoms with E-state index in [2.05, 4.69) is 19.2 Å². The molecule has 2 aromatic rings. The van der Waals surface area contributed by atoms with E-state index in [-0.39, 0.29) is 5.75 Å². The smallest absolute Gasteiger partial charge is 0.331 e. The van der Waals surface area contributed by atoms with Gasteiger partial charge in [-0.25, -0.2) is 9.18 Å². The number of carbonyl (C=O) groups is 2. The molecule has 0 unspecified atom stereocenters. The van der Waals surface area contributed by atoms with Crippen molar-refractivity contribution >= 4 is 23.6 Å². The molecule has 148 valence electrons. The normalized spacial score (nSPS) is 12.1. The van der Waals surface area contributed by atoms with E-state index in [4.69, 9.17) is 9.47 Å². The molecule has 0 fully saturated rings. The van der Waals surface area contributed by atoms with Crippen molar-refractivity contribution in [2.45, 2.75) is 32.8 Å². The van der Waals surface area contributed by atoms with Crippen LogP contribution in [-0.2, 0) is 14.3 Å². The molecule has 0 aromatic heterocycles. The molecule has 0 radical (unpaired) electrons. The predicted octanol–water partition coefficient (Wildman–Crippen LogP) is 4.54. The lowest BCUT2D eigenvalue weighted by Gasteiger charge is -2.13. The molecule has 0 spiro atoms. The van der Waals surface area contributed by atoms with Crippen LogP contribution in [0.25, 0.3) is 6.08 Å². The third-order valence-electron chi connectivity index (χ3n) is 4.09. The first-order valence-electron chi connectivity index (χ1n) is 8.93. The van der Waals surface area contributed by atoms with E-state index in [9.17, 15) is 14.0 Å². The molecule has 0 saturated carbocycles. The highest BCUT2D eigenvalue weighted by molar-refractivity contribution is 5.96. The number of halogens is 1. The number of carbonyl (C=O) groups excluding carboxylic acids is 2. The van der Waals surface area contributed by atoms with Gasteiger partial charge in [0.2, 0.25) is 0 Å². The van der Waals surface area contributed by atoms with Crippen LogP contribution in [0.5, 0.6) is 5.75 Å². The number of anilines is 1. The monoisotopic (exact) mass is 385 g/mol. The standard InChI is InChI=1S/C22H24FNO4/c1-14(2)17-7-9-18(10-8-17)24-22(26)15(3)28-21(25)12-6-16-5-11-20(27-4)19(23)13-16/h5-15H,1-4H3,(H,24,26)/b12-6+/t15-/m0/s1. The molecule has 0 bridgehead atoms. The Hall–Kier alpha value is -3.15. The van der Waals surface area contributed by atoms with Gasteiger partial charge in [-0.2, -0.15) is 0 Å². The highest BCUT2D eigenvalue weighted by atomic mass is 19.1. The van der Waals surface area contributed by atoms with Crippen LogP contribution in [0.2, 0.25) is 0 Å². The molecule has 6 heteroatoms. The summed E-state index contributed by atoms with van der Waals surface area (Å²) in [5.74, 6) is -1.15. The summed E-state index contributed by atoms with van der Waals surface area (Å²) < 4.78 is 23.6. The number of hydrogen-bond donors (Lipinski definition) is 1. The van der Waals surface area contributed by atoms with E-state index in [1.54, 1.807) is 18.2 Å². The zero-order valence-electron chi connectivity index (χ0n) is 16.4. The molecule has 2 rings (SSSR count). The quantitative estimate of drug-likeness (QED) is 0.561. The van der Waals surface area contributed by atoms with E-state index >= 15 is 0 Å². The summed E-state index contributed by atoms with van der Waals surface area (Å²) >= 11 is 0. The lowest BCUT2D eigenvalue weighted by atomic mass is 10.0. The number of methoxy groups -OCH3 is 1. The van der Waals surface area contributed by atoms with Gasteiger partial charge in [-0.3, -0.25) is 4.79 Å². The van der Waals surface area contributed by atoms with E-state index < -0.39 is 23.8 Å². The number of benzene rings is 2. The first-order valence-corrected chi connectivity index (χ1v) is 8.93. The Balaban J connectivity index is 1.90. The lowest BCUT2D eigenvalue weighted by molar-refractivity contribution is -0.148. The molecule has 1 atom stereocenters. The molecule has 2 aromatic carbocycles. The molecular formula is C22H24FNO4. The summed E-state index contributed by atoms with van der Waals surface area (Å²) in [5, 5.41) is 2.70. The summed E-state index contributed by atoms with van der Waals surface area (Å²) in [6.07, 6.45) is 1.57. The van der Waals surface area contributed by atoms with Crippen molar-refractivity contribution in [2.75, 3.05) is 12.4 Å². The zero-order chi connectivity index (χ0) is 20.7. The van der Waals surface area contributed by atoms with Crippen LogP contribution in [0.15, 0.2) is 48.5 Å². The third kappa shape index (κ3) is 5.94. The van der Waals surface area contributed by atoms with Crippen molar-refractivity contribution < 1.29 is 23.5 Å². The molecule has 0 heterocycles. The largest absolute Gasteiger partial charge is 0.494 e. The average Bonchev–Trinajstić information content (AvgIpc) is 2.66. The number of amides is 1. The Kier molecular flexibility index (Phi) is 7.32. The topological polar surface area (TPSA) is 64.6 Å². The second-order valence-electron chi connectivity index (χ2n) is 6.57. The maximum atomic E-state index is 13.6. The molecule has 1 N–H and O–H groups in total. The van der Waals surface area contributed by atoms with Crippen LogP contribution in [-0.4, -0.2) is 25.1 Å². The van der Waals surface area contributed by atoms with E-state index in [0.717, 1.165) is 11.6 Å². The molecule has 28 heavy (non-hydrogen) atoms. The van der Waals surface area contributed by atoms with E-state index in [1.165, 1.54) is 32.2 Å². The number of rotatable bonds is 7. The number of nitrogens with one attached hydrogen (secondary N) is 1. The molecule has 0 aliphatic heterocycles. The molecule has 0 aliphatic rings. The van der Waals surface area contributed by atoms with Crippen molar-refractivity contribution in [1.82, 2.24) is 0 Å². The van der Waals surface area contributed by atoms with Crippen LogP contribution in [0.3, 0.4) is 0 Å².